The van der Waals surface area contributed by atoms with Crippen LogP contribution in [0, 0.1) is 0 Å². The van der Waals surface area contributed by atoms with Crippen LogP contribution in [-0.2, 0) is 0 Å². The molecule has 0 spiro atoms. The quantitative estimate of drug-likeness (QED) is 0.760. The van der Waals surface area contributed by atoms with Crippen LogP contribution in [0.15, 0.2) is 30.3 Å². The highest BCUT2D eigenvalue weighted by molar-refractivity contribution is 6.30. The van der Waals surface area contributed by atoms with Crippen molar-refractivity contribution in [2.45, 2.75) is 6.43 Å². The lowest BCUT2D eigenvalue weighted by Gasteiger charge is -2.05. The van der Waals surface area contributed by atoms with Gasteiger partial charge in [0.15, 0.2) is 0 Å². The molecule has 2 aromatic rings. The fourth-order valence-electron chi connectivity index (χ4n) is 1.34. The smallest absolute Gasteiger partial charge is 0.218 e. The van der Waals surface area contributed by atoms with Gasteiger partial charge in [-0.2, -0.15) is 0 Å². The molecule has 6 heteroatoms. The van der Waals surface area contributed by atoms with E-state index in [1.54, 1.807) is 24.3 Å². The predicted octanol–water partition coefficient (Wildman–Crippen LogP) is 4.39. The van der Waals surface area contributed by atoms with E-state index in [9.17, 15) is 8.78 Å². The summed E-state index contributed by atoms with van der Waals surface area (Å²) in [5, 5.41) is 0.286. The lowest BCUT2D eigenvalue weighted by molar-refractivity contribution is 0.146. The van der Waals surface area contributed by atoms with Crippen molar-refractivity contribution in [3.8, 4) is 11.3 Å². The molecular formula is C11H6Cl2F2N2. The Hall–Kier alpha value is -1.26. The largest absolute Gasteiger partial charge is 0.280 e. The van der Waals surface area contributed by atoms with Gasteiger partial charge in [0.25, 0.3) is 6.43 Å². The van der Waals surface area contributed by atoms with E-state index in [-0.39, 0.29) is 5.28 Å². The van der Waals surface area contributed by atoms with Gasteiger partial charge in [-0.3, -0.25) is 0 Å². The molecule has 0 atom stereocenters. The summed E-state index contributed by atoms with van der Waals surface area (Å²) in [4.78, 5) is 7.34. The Labute approximate surface area is 106 Å². The Morgan fingerprint density at radius 2 is 1.82 bits per heavy atom. The average molecular weight is 275 g/mol. The minimum Gasteiger partial charge on any atom is -0.218 e. The first-order valence-corrected chi connectivity index (χ1v) is 5.40. The number of aromatic nitrogens is 2. The average Bonchev–Trinajstić information content (AvgIpc) is 2.28. The molecule has 17 heavy (non-hydrogen) atoms. The van der Waals surface area contributed by atoms with Gasteiger partial charge in [0.1, 0.15) is 5.69 Å². The second-order valence-corrected chi connectivity index (χ2v) is 4.03. The Morgan fingerprint density at radius 3 is 2.47 bits per heavy atom. The number of halogens is 4. The van der Waals surface area contributed by atoms with Crippen molar-refractivity contribution < 1.29 is 8.78 Å². The topological polar surface area (TPSA) is 25.8 Å². The molecule has 0 amide bonds. The first-order chi connectivity index (χ1) is 8.06. The predicted molar refractivity (Wildman–Crippen MR) is 62.4 cm³/mol. The molecule has 2 nitrogen and oxygen atoms in total. The fourth-order valence-corrected chi connectivity index (χ4v) is 1.72. The summed E-state index contributed by atoms with van der Waals surface area (Å²) in [5.41, 5.74) is 0.534. The van der Waals surface area contributed by atoms with Gasteiger partial charge in [-0.05, 0) is 29.8 Å². The lowest BCUT2D eigenvalue weighted by atomic mass is 10.1. The SMILES string of the molecule is FC(F)c1cc(-c2cccc(Cl)c2)nc(Cl)n1. The van der Waals surface area contributed by atoms with Crippen LogP contribution in [-0.4, -0.2) is 9.97 Å². The van der Waals surface area contributed by atoms with E-state index in [1.807, 2.05) is 0 Å². The zero-order valence-corrected chi connectivity index (χ0v) is 9.88. The van der Waals surface area contributed by atoms with Gasteiger partial charge in [-0.1, -0.05) is 23.7 Å². The number of alkyl halides is 2. The summed E-state index contributed by atoms with van der Waals surface area (Å²) in [6, 6.07) is 7.91. The van der Waals surface area contributed by atoms with Crippen LogP contribution in [0.25, 0.3) is 11.3 Å². The second kappa shape index (κ2) is 4.94. The number of benzene rings is 1. The first kappa shape index (κ1) is 12.2. The van der Waals surface area contributed by atoms with Crippen LogP contribution in [0.2, 0.25) is 10.3 Å². The van der Waals surface area contributed by atoms with Gasteiger partial charge in [0, 0.05) is 10.6 Å². The standard InChI is InChI=1S/C11H6Cl2F2N2/c12-7-3-1-2-6(4-7)8-5-9(10(14)15)17-11(13)16-8/h1-5,10H. The van der Waals surface area contributed by atoms with Crippen molar-refractivity contribution in [1.29, 1.82) is 0 Å². The summed E-state index contributed by atoms with van der Waals surface area (Å²) in [6.45, 7) is 0. The van der Waals surface area contributed by atoms with E-state index in [4.69, 9.17) is 23.2 Å². The van der Waals surface area contributed by atoms with Gasteiger partial charge in [-0.25, -0.2) is 18.7 Å². The fraction of sp³-hybridized carbons (Fsp3) is 0.0909. The number of rotatable bonds is 2. The highest BCUT2D eigenvalue weighted by Crippen LogP contribution is 2.26. The maximum Gasteiger partial charge on any atom is 0.280 e. The monoisotopic (exact) mass is 274 g/mol. The van der Waals surface area contributed by atoms with E-state index in [1.165, 1.54) is 6.07 Å². The number of hydrogen-bond acceptors (Lipinski definition) is 2. The summed E-state index contributed by atoms with van der Waals surface area (Å²) >= 11 is 11.4. The zero-order chi connectivity index (χ0) is 12.4. The molecule has 0 fully saturated rings. The van der Waals surface area contributed by atoms with Crippen LogP contribution in [0.3, 0.4) is 0 Å². The van der Waals surface area contributed by atoms with E-state index in [0.29, 0.717) is 16.3 Å². The Balaban J connectivity index is 2.52. The molecule has 0 saturated heterocycles. The van der Waals surface area contributed by atoms with Crippen LogP contribution in [0.1, 0.15) is 12.1 Å². The maximum absolute atomic E-state index is 12.5. The van der Waals surface area contributed by atoms with Crippen LogP contribution >= 0.6 is 23.2 Å². The Kier molecular flexibility index (Phi) is 3.54. The molecule has 0 aliphatic heterocycles. The third-order valence-corrected chi connectivity index (χ3v) is 2.47. The summed E-state index contributed by atoms with van der Waals surface area (Å²) < 4.78 is 25.1. The van der Waals surface area contributed by atoms with Gasteiger partial charge < -0.3 is 0 Å². The normalized spacial score (nSPS) is 10.9. The van der Waals surface area contributed by atoms with E-state index in [2.05, 4.69) is 9.97 Å². The number of nitrogens with zero attached hydrogens (tertiary/aromatic N) is 2. The molecule has 0 radical (unpaired) electrons. The van der Waals surface area contributed by atoms with Crippen molar-refractivity contribution in [2.24, 2.45) is 0 Å². The third kappa shape index (κ3) is 2.90. The molecule has 1 heterocycles. The van der Waals surface area contributed by atoms with Crippen molar-refractivity contribution in [2.75, 3.05) is 0 Å². The molecule has 1 aromatic carbocycles. The van der Waals surface area contributed by atoms with Gasteiger partial charge >= 0.3 is 0 Å². The summed E-state index contributed by atoms with van der Waals surface area (Å²) in [7, 11) is 0. The zero-order valence-electron chi connectivity index (χ0n) is 8.37. The van der Waals surface area contributed by atoms with Crippen molar-refractivity contribution in [3.63, 3.8) is 0 Å². The second-order valence-electron chi connectivity index (χ2n) is 3.26. The molecule has 0 aliphatic rings. The summed E-state index contributed by atoms with van der Waals surface area (Å²) in [6.07, 6.45) is -2.69. The highest BCUT2D eigenvalue weighted by atomic mass is 35.5. The Bertz CT molecular complexity index is 547. The van der Waals surface area contributed by atoms with E-state index < -0.39 is 12.1 Å². The lowest BCUT2D eigenvalue weighted by Crippen LogP contribution is -1.95. The molecule has 1 aromatic heterocycles. The molecule has 0 bridgehead atoms. The third-order valence-electron chi connectivity index (χ3n) is 2.06. The first-order valence-electron chi connectivity index (χ1n) is 4.65. The van der Waals surface area contributed by atoms with Gasteiger partial charge in [0.05, 0.1) is 5.69 Å². The molecule has 0 N–H and O–H groups in total. The minimum absolute atomic E-state index is 0.210. The molecule has 0 saturated carbocycles. The molecular weight excluding hydrogens is 269 g/mol. The van der Waals surface area contributed by atoms with Crippen LogP contribution < -0.4 is 0 Å². The van der Waals surface area contributed by atoms with Gasteiger partial charge in [0.2, 0.25) is 5.28 Å². The van der Waals surface area contributed by atoms with Crippen molar-refractivity contribution >= 4 is 23.2 Å². The maximum atomic E-state index is 12.5. The molecule has 2 rings (SSSR count). The molecule has 0 aliphatic carbocycles. The van der Waals surface area contributed by atoms with E-state index >= 15 is 0 Å². The van der Waals surface area contributed by atoms with Crippen LogP contribution in [0.4, 0.5) is 8.78 Å². The van der Waals surface area contributed by atoms with E-state index in [0.717, 1.165) is 0 Å². The number of hydrogen-bond donors (Lipinski definition) is 0. The van der Waals surface area contributed by atoms with Crippen molar-refractivity contribution in [1.82, 2.24) is 9.97 Å². The van der Waals surface area contributed by atoms with Crippen molar-refractivity contribution in [3.05, 3.63) is 46.3 Å². The Morgan fingerprint density at radius 1 is 1.06 bits per heavy atom. The van der Waals surface area contributed by atoms with Crippen LogP contribution in [0.5, 0.6) is 0 Å². The molecule has 0 unspecified atom stereocenters. The molecule has 88 valence electrons. The summed E-state index contributed by atoms with van der Waals surface area (Å²) in [5.74, 6) is 0. The highest BCUT2D eigenvalue weighted by Gasteiger charge is 2.13. The van der Waals surface area contributed by atoms with Gasteiger partial charge in [-0.15, -0.1) is 0 Å². The minimum atomic E-state index is -2.69.